The summed E-state index contributed by atoms with van der Waals surface area (Å²) in [5.41, 5.74) is -0.714. The second kappa shape index (κ2) is 10.9. The first-order valence-electron chi connectivity index (χ1n) is 14.0. The normalized spacial score (nSPS) is 23.1. The Bertz CT molecular complexity index is 1740. The van der Waals surface area contributed by atoms with E-state index in [2.05, 4.69) is 5.32 Å². The van der Waals surface area contributed by atoms with Crippen LogP contribution in [-0.4, -0.2) is 22.9 Å². The third-order valence-electron chi connectivity index (χ3n) is 8.34. The van der Waals surface area contributed by atoms with Crippen LogP contribution in [0.2, 0.25) is 0 Å². The number of hydrogen-bond donors (Lipinski definition) is 2. The molecular formula is C34H27F3N2O5. The number of amides is 2. The fourth-order valence-electron chi connectivity index (χ4n) is 6.26. The number of hydrogen-bond acceptors (Lipinski definition) is 5. The van der Waals surface area contributed by atoms with Crippen molar-refractivity contribution in [3.8, 4) is 11.5 Å². The van der Waals surface area contributed by atoms with Gasteiger partial charge in [-0.1, -0.05) is 67.6 Å². The maximum absolute atomic E-state index is 14.1. The lowest BCUT2D eigenvalue weighted by Crippen LogP contribution is -2.53. The van der Waals surface area contributed by atoms with Crippen molar-refractivity contribution in [2.45, 2.75) is 31.1 Å². The van der Waals surface area contributed by atoms with Gasteiger partial charge < -0.3 is 9.84 Å². The number of fused-ring (bicyclic) bond motifs is 1. The molecule has 4 unspecified atom stereocenters. The molecule has 0 radical (unpaired) electrons. The number of ether oxygens (including phenoxy) is 1. The Hall–Kier alpha value is -4.96. The molecule has 0 aliphatic carbocycles. The first-order chi connectivity index (χ1) is 21.0. The summed E-state index contributed by atoms with van der Waals surface area (Å²) in [4.78, 5) is 42.5. The Morgan fingerprint density at radius 2 is 1.55 bits per heavy atom. The van der Waals surface area contributed by atoms with Crippen molar-refractivity contribution in [1.29, 1.82) is 0 Å². The minimum Gasteiger partial charge on any atom is -0.480 e. The highest BCUT2D eigenvalue weighted by molar-refractivity contribution is 6.24. The Labute approximate surface area is 250 Å². The van der Waals surface area contributed by atoms with E-state index < -0.39 is 52.9 Å². The summed E-state index contributed by atoms with van der Waals surface area (Å²) < 4.78 is 45.6. The lowest BCUT2D eigenvalue weighted by molar-refractivity contribution is -0.149. The number of anilines is 1. The number of halogens is 3. The number of carboxylic acid groups (broad SMARTS) is 1. The van der Waals surface area contributed by atoms with Crippen molar-refractivity contribution in [3.63, 3.8) is 0 Å². The van der Waals surface area contributed by atoms with E-state index in [1.54, 1.807) is 60.7 Å². The highest BCUT2D eigenvalue weighted by atomic mass is 19.4. The molecule has 2 aliphatic rings. The maximum Gasteiger partial charge on any atom is 0.416 e. The van der Waals surface area contributed by atoms with Crippen LogP contribution in [0.1, 0.15) is 35.2 Å². The van der Waals surface area contributed by atoms with Gasteiger partial charge in [0.1, 0.15) is 11.5 Å². The van der Waals surface area contributed by atoms with Gasteiger partial charge in [-0.25, -0.2) is 9.69 Å². The molecule has 10 heteroatoms. The van der Waals surface area contributed by atoms with Gasteiger partial charge in [0.05, 0.1) is 23.1 Å². The molecule has 0 spiro atoms. The van der Waals surface area contributed by atoms with Crippen LogP contribution in [0.4, 0.5) is 18.9 Å². The SMILES string of the molecule is CCc1ccc(N2C(=O)C3C(c4cccc(Oc5cccc(C(F)(F)F)c5)c4)NC(C(=O)O)(c4ccccc4)C3C2=O)cc1. The van der Waals surface area contributed by atoms with E-state index in [0.717, 1.165) is 29.0 Å². The zero-order valence-electron chi connectivity index (χ0n) is 23.4. The van der Waals surface area contributed by atoms with E-state index in [1.807, 2.05) is 19.1 Å². The van der Waals surface area contributed by atoms with Gasteiger partial charge >= 0.3 is 12.1 Å². The standard InChI is InChI=1S/C34H27F3N2O5/c1-2-20-14-16-24(17-15-20)39-30(40)27-28(31(39)41)33(32(42)43,22-9-4-3-5-10-22)38-29(27)21-8-6-12-25(18-21)44-26-13-7-11-23(19-26)34(35,36)37/h3-19,27-29,38H,2H2,1H3,(H,42,43). The molecule has 2 saturated heterocycles. The molecule has 2 fully saturated rings. The Balaban J connectivity index is 1.43. The molecule has 224 valence electrons. The van der Waals surface area contributed by atoms with Gasteiger partial charge in [-0.15, -0.1) is 0 Å². The molecule has 44 heavy (non-hydrogen) atoms. The van der Waals surface area contributed by atoms with Crippen LogP contribution in [0, 0.1) is 11.8 Å². The zero-order valence-corrected chi connectivity index (χ0v) is 23.4. The van der Waals surface area contributed by atoms with Crippen LogP contribution in [0.15, 0.2) is 103 Å². The average molecular weight is 601 g/mol. The van der Waals surface area contributed by atoms with Gasteiger partial charge in [0.2, 0.25) is 11.8 Å². The van der Waals surface area contributed by atoms with Crippen molar-refractivity contribution >= 4 is 23.5 Å². The molecule has 2 N–H and O–H groups in total. The summed E-state index contributed by atoms with van der Waals surface area (Å²) in [7, 11) is 0. The molecule has 4 atom stereocenters. The van der Waals surface area contributed by atoms with Crippen LogP contribution in [0.5, 0.6) is 11.5 Å². The highest BCUT2D eigenvalue weighted by Gasteiger charge is 2.69. The average Bonchev–Trinajstić information content (AvgIpc) is 3.51. The quantitative estimate of drug-likeness (QED) is 0.236. The van der Waals surface area contributed by atoms with Crippen molar-refractivity contribution in [2.24, 2.45) is 11.8 Å². The number of imide groups is 1. The zero-order chi connectivity index (χ0) is 31.2. The molecule has 2 heterocycles. The predicted molar refractivity (Wildman–Crippen MR) is 155 cm³/mol. The van der Waals surface area contributed by atoms with Crippen molar-refractivity contribution < 1.29 is 37.4 Å². The molecular weight excluding hydrogens is 573 g/mol. The summed E-state index contributed by atoms with van der Waals surface area (Å²) in [5.74, 6) is -4.77. The summed E-state index contributed by atoms with van der Waals surface area (Å²) in [6, 6.07) is 25.1. The largest absolute Gasteiger partial charge is 0.480 e. The fourth-order valence-corrected chi connectivity index (χ4v) is 6.26. The van der Waals surface area contributed by atoms with Gasteiger partial charge in [0.25, 0.3) is 0 Å². The van der Waals surface area contributed by atoms with E-state index in [9.17, 15) is 32.7 Å². The number of rotatable bonds is 7. The van der Waals surface area contributed by atoms with E-state index in [-0.39, 0.29) is 11.5 Å². The van der Waals surface area contributed by atoms with Crippen LogP contribution in [0.25, 0.3) is 0 Å². The van der Waals surface area contributed by atoms with Crippen LogP contribution >= 0.6 is 0 Å². The van der Waals surface area contributed by atoms with Gasteiger partial charge in [-0.2, -0.15) is 13.2 Å². The number of carbonyl (C=O) groups is 3. The fraction of sp³-hybridized carbons (Fsp3) is 0.206. The van der Waals surface area contributed by atoms with Crippen LogP contribution in [0.3, 0.4) is 0 Å². The third-order valence-corrected chi connectivity index (χ3v) is 8.34. The lowest BCUT2D eigenvalue weighted by atomic mass is 9.75. The van der Waals surface area contributed by atoms with Crippen molar-refractivity contribution in [2.75, 3.05) is 4.90 Å². The summed E-state index contributed by atoms with van der Waals surface area (Å²) >= 11 is 0. The number of nitrogens with one attached hydrogen (secondary N) is 1. The Kier molecular flexibility index (Phi) is 7.25. The molecule has 4 aromatic carbocycles. The highest BCUT2D eigenvalue weighted by Crippen LogP contribution is 2.54. The second-order valence-electron chi connectivity index (χ2n) is 10.8. The van der Waals surface area contributed by atoms with Crippen molar-refractivity contribution in [1.82, 2.24) is 5.32 Å². The molecule has 2 aliphatic heterocycles. The van der Waals surface area contributed by atoms with E-state index in [4.69, 9.17) is 4.74 Å². The number of aliphatic carboxylic acids is 1. The van der Waals surface area contributed by atoms with Gasteiger partial charge in [-0.3, -0.25) is 14.9 Å². The summed E-state index contributed by atoms with van der Waals surface area (Å²) in [5, 5.41) is 13.9. The van der Waals surface area contributed by atoms with E-state index in [1.165, 1.54) is 18.2 Å². The second-order valence-corrected chi connectivity index (χ2v) is 10.8. The minimum atomic E-state index is -4.56. The summed E-state index contributed by atoms with van der Waals surface area (Å²) in [6.45, 7) is 1.98. The first-order valence-corrected chi connectivity index (χ1v) is 14.0. The topological polar surface area (TPSA) is 95.9 Å². The Morgan fingerprint density at radius 1 is 0.886 bits per heavy atom. The number of aryl methyl sites for hydroxylation is 1. The molecule has 6 rings (SSSR count). The monoisotopic (exact) mass is 600 g/mol. The molecule has 0 saturated carbocycles. The van der Waals surface area contributed by atoms with Gasteiger partial charge in [0.15, 0.2) is 5.54 Å². The van der Waals surface area contributed by atoms with Crippen LogP contribution < -0.4 is 15.0 Å². The molecule has 0 aromatic heterocycles. The number of benzene rings is 4. The third kappa shape index (κ3) is 4.81. The predicted octanol–water partition coefficient (Wildman–Crippen LogP) is 6.49. The molecule has 7 nitrogen and oxygen atoms in total. The first kappa shape index (κ1) is 29.1. The molecule has 4 aromatic rings. The number of nitrogens with zero attached hydrogens (tertiary/aromatic N) is 1. The van der Waals surface area contributed by atoms with Crippen LogP contribution in [-0.2, 0) is 32.5 Å². The smallest absolute Gasteiger partial charge is 0.416 e. The summed E-state index contributed by atoms with van der Waals surface area (Å²) in [6.07, 6.45) is -3.80. The van der Waals surface area contributed by atoms with E-state index in [0.29, 0.717) is 16.8 Å². The maximum atomic E-state index is 14.1. The van der Waals surface area contributed by atoms with E-state index >= 15 is 0 Å². The number of carboxylic acids is 1. The molecule has 0 bridgehead atoms. The molecule has 2 amide bonds. The minimum absolute atomic E-state index is 0.0489. The van der Waals surface area contributed by atoms with Gasteiger partial charge in [0, 0.05) is 6.04 Å². The number of alkyl halides is 3. The van der Waals surface area contributed by atoms with Gasteiger partial charge in [-0.05, 0) is 65.6 Å². The Morgan fingerprint density at radius 3 is 2.18 bits per heavy atom. The van der Waals surface area contributed by atoms with Crippen molar-refractivity contribution in [3.05, 3.63) is 125 Å². The number of carbonyl (C=O) groups excluding carboxylic acids is 2. The lowest BCUT2D eigenvalue weighted by Gasteiger charge is -2.31.